The van der Waals surface area contributed by atoms with E-state index in [0.717, 1.165) is 12.0 Å². The predicted octanol–water partition coefficient (Wildman–Crippen LogP) is 3.39. The van der Waals surface area contributed by atoms with E-state index in [1.165, 1.54) is 13.2 Å². The minimum absolute atomic E-state index is 0.0959. The first-order chi connectivity index (χ1) is 11.2. The van der Waals surface area contributed by atoms with Crippen LogP contribution in [0.2, 0.25) is 0 Å². The molecule has 0 fully saturated rings. The summed E-state index contributed by atoms with van der Waals surface area (Å²) in [5.41, 5.74) is 0.206. The van der Waals surface area contributed by atoms with Crippen molar-refractivity contribution in [3.8, 4) is 5.75 Å². The second-order valence-electron chi connectivity index (χ2n) is 6.28. The van der Waals surface area contributed by atoms with Crippen LogP contribution in [0.4, 0.5) is 4.79 Å². The summed E-state index contributed by atoms with van der Waals surface area (Å²) in [6.45, 7) is 5.74. The molecule has 0 aliphatic carbocycles. The van der Waals surface area contributed by atoms with Gasteiger partial charge < -0.3 is 24.1 Å². The van der Waals surface area contributed by atoms with Crippen molar-refractivity contribution in [2.24, 2.45) is 0 Å². The van der Waals surface area contributed by atoms with Gasteiger partial charge in [-0.05, 0) is 32.9 Å². The molecule has 0 bridgehead atoms. The number of rotatable bonds is 4. The first kappa shape index (κ1) is 18.4. The minimum Gasteiger partial charge on any atom is -0.493 e. The molecule has 8 heteroatoms. The van der Waals surface area contributed by atoms with Gasteiger partial charge >= 0.3 is 12.1 Å². The molecule has 24 heavy (non-hydrogen) atoms. The fourth-order valence-electron chi connectivity index (χ4n) is 2.34. The smallest absolute Gasteiger partial charge is 0.408 e. The lowest BCUT2D eigenvalue weighted by Crippen LogP contribution is -2.36. The molecule has 2 rings (SSSR count). The lowest BCUT2D eigenvalue weighted by atomic mass is 9.99. The molecule has 1 aliphatic heterocycles. The normalized spacial score (nSPS) is 16.8. The average molecular weight is 355 g/mol. The highest BCUT2D eigenvalue weighted by molar-refractivity contribution is 7.94. The van der Waals surface area contributed by atoms with Crippen molar-refractivity contribution in [3.63, 3.8) is 0 Å². The van der Waals surface area contributed by atoms with Gasteiger partial charge in [0.25, 0.3) is 0 Å². The molecule has 0 saturated heterocycles. The number of carbonyl (C=O) groups excluding carboxylic acids is 1. The van der Waals surface area contributed by atoms with Crippen LogP contribution >= 0.6 is 12.0 Å². The molecular weight excluding hydrogens is 334 g/mol. The molecule has 1 amide bonds. The van der Waals surface area contributed by atoms with Crippen molar-refractivity contribution >= 4 is 24.1 Å². The van der Waals surface area contributed by atoms with E-state index >= 15 is 0 Å². The summed E-state index contributed by atoms with van der Waals surface area (Å²) >= 11 is 0.954. The number of hydrogen-bond donors (Lipinski definition) is 2. The van der Waals surface area contributed by atoms with Gasteiger partial charge in [0.1, 0.15) is 11.4 Å². The number of alkyl carbamates (subject to hydrolysis) is 1. The molecule has 1 heterocycles. The fourth-order valence-corrected chi connectivity index (χ4v) is 2.93. The van der Waals surface area contributed by atoms with Gasteiger partial charge in [0.15, 0.2) is 0 Å². The minimum atomic E-state index is -1.07. The van der Waals surface area contributed by atoms with Crippen LogP contribution in [0.3, 0.4) is 0 Å². The third-order valence-corrected chi connectivity index (χ3v) is 3.93. The number of hydrogen-bond acceptors (Lipinski definition) is 6. The zero-order valence-electron chi connectivity index (χ0n) is 14.0. The zero-order valence-corrected chi connectivity index (χ0v) is 14.9. The van der Waals surface area contributed by atoms with Crippen LogP contribution in [0, 0.1) is 0 Å². The SMILES string of the molecule is COSc1cc2c(cc1C(=O)O)OCC[C@@H]2NC(=O)OC(C)(C)C. The van der Waals surface area contributed by atoms with Crippen LogP contribution in [0.15, 0.2) is 17.0 Å². The summed E-state index contributed by atoms with van der Waals surface area (Å²) < 4.78 is 15.8. The summed E-state index contributed by atoms with van der Waals surface area (Å²) in [5.74, 6) is -0.622. The Kier molecular flexibility index (Phi) is 5.61. The highest BCUT2D eigenvalue weighted by atomic mass is 32.2. The highest BCUT2D eigenvalue weighted by Crippen LogP contribution is 2.38. The molecule has 1 aliphatic rings. The molecule has 1 atom stereocenters. The maximum atomic E-state index is 12.0. The predicted molar refractivity (Wildman–Crippen MR) is 88.5 cm³/mol. The van der Waals surface area contributed by atoms with Crippen molar-refractivity contribution in [3.05, 3.63) is 23.3 Å². The molecule has 0 spiro atoms. The largest absolute Gasteiger partial charge is 0.493 e. The average Bonchev–Trinajstić information content (AvgIpc) is 2.45. The number of benzene rings is 1. The summed E-state index contributed by atoms with van der Waals surface area (Å²) in [7, 11) is 1.46. The first-order valence-electron chi connectivity index (χ1n) is 7.45. The Balaban J connectivity index is 2.30. The van der Waals surface area contributed by atoms with Gasteiger partial charge in [0, 0.05) is 24.0 Å². The van der Waals surface area contributed by atoms with E-state index in [1.807, 2.05) is 0 Å². The summed E-state index contributed by atoms with van der Waals surface area (Å²) in [6.07, 6.45) is 0.0408. The topological polar surface area (TPSA) is 94.1 Å². The number of carboxylic acid groups (broad SMARTS) is 1. The van der Waals surface area contributed by atoms with Crippen molar-refractivity contribution < 1.29 is 28.4 Å². The molecule has 7 nitrogen and oxygen atoms in total. The lowest BCUT2D eigenvalue weighted by Gasteiger charge is -2.29. The van der Waals surface area contributed by atoms with E-state index < -0.39 is 17.7 Å². The number of ether oxygens (including phenoxy) is 2. The Morgan fingerprint density at radius 1 is 1.38 bits per heavy atom. The summed E-state index contributed by atoms with van der Waals surface area (Å²) in [6, 6.07) is 2.82. The van der Waals surface area contributed by atoms with Crippen LogP contribution in [-0.4, -0.2) is 36.5 Å². The van der Waals surface area contributed by atoms with Gasteiger partial charge in [-0.1, -0.05) is 0 Å². The molecule has 1 aromatic rings. The van der Waals surface area contributed by atoms with E-state index in [9.17, 15) is 14.7 Å². The number of carboxylic acids is 1. The molecule has 0 unspecified atom stereocenters. The Morgan fingerprint density at radius 2 is 2.08 bits per heavy atom. The third kappa shape index (κ3) is 4.55. The maximum absolute atomic E-state index is 12.0. The van der Waals surface area contributed by atoms with Crippen molar-refractivity contribution in [1.29, 1.82) is 0 Å². The van der Waals surface area contributed by atoms with Crippen molar-refractivity contribution in [1.82, 2.24) is 5.32 Å². The Hall–Kier alpha value is -1.93. The number of aromatic carboxylic acids is 1. The Morgan fingerprint density at radius 3 is 2.67 bits per heavy atom. The van der Waals surface area contributed by atoms with Crippen LogP contribution in [0.25, 0.3) is 0 Å². The van der Waals surface area contributed by atoms with Gasteiger partial charge in [-0.25, -0.2) is 9.59 Å². The molecular formula is C16H21NO6S. The lowest BCUT2D eigenvalue weighted by molar-refractivity contribution is 0.0489. The standard InChI is InChI=1S/C16H21NO6S/c1-16(2,3)23-15(20)17-11-5-6-22-12-7-10(14(18)19)13(24-21-4)8-9(11)12/h7-8,11H,5-6H2,1-4H3,(H,17,20)(H,18,19)/t11-/m0/s1. The number of carbonyl (C=O) groups is 2. The highest BCUT2D eigenvalue weighted by Gasteiger charge is 2.28. The fraction of sp³-hybridized carbons (Fsp3) is 0.500. The molecule has 0 aromatic heterocycles. The van der Waals surface area contributed by atoms with E-state index in [-0.39, 0.29) is 11.6 Å². The summed E-state index contributed by atoms with van der Waals surface area (Å²) in [5, 5.41) is 12.1. The van der Waals surface area contributed by atoms with E-state index in [2.05, 4.69) is 5.32 Å². The monoisotopic (exact) mass is 355 g/mol. The number of fused-ring (bicyclic) bond motifs is 1. The number of nitrogens with one attached hydrogen (secondary N) is 1. The Labute approximate surface area is 144 Å². The van der Waals surface area contributed by atoms with E-state index in [1.54, 1.807) is 26.8 Å². The molecule has 0 radical (unpaired) electrons. The number of amides is 1. The first-order valence-corrected chi connectivity index (χ1v) is 8.19. The van der Waals surface area contributed by atoms with Crippen molar-refractivity contribution in [2.75, 3.05) is 13.7 Å². The van der Waals surface area contributed by atoms with Gasteiger partial charge in [0.2, 0.25) is 0 Å². The quantitative estimate of drug-likeness (QED) is 0.800. The van der Waals surface area contributed by atoms with Crippen LogP contribution < -0.4 is 10.1 Å². The van der Waals surface area contributed by atoms with Crippen LogP contribution in [-0.2, 0) is 8.92 Å². The Bertz CT molecular complexity index is 640. The molecule has 0 saturated carbocycles. The van der Waals surface area contributed by atoms with Crippen molar-refractivity contribution in [2.45, 2.75) is 43.7 Å². The second-order valence-corrected chi connectivity index (χ2v) is 7.22. The van der Waals surface area contributed by atoms with Gasteiger partial charge in [-0.2, -0.15) is 0 Å². The molecule has 1 aromatic carbocycles. The van der Waals surface area contributed by atoms with Crippen LogP contribution in [0.1, 0.15) is 49.2 Å². The van der Waals surface area contributed by atoms with E-state index in [0.29, 0.717) is 29.2 Å². The third-order valence-electron chi connectivity index (χ3n) is 3.25. The van der Waals surface area contributed by atoms with Gasteiger partial charge in [-0.3, -0.25) is 0 Å². The van der Waals surface area contributed by atoms with Crippen LogP contribution in [0.5, 0.6) is 5.75 Å². The molecule has 2 N–H and O–H groups in total. The molecule has 132 valence electrons. The zero-order chi connectivity index (χ0) is 17.9. The van der Waals surface area contributed by atoms with Gasteiger partial charge in [-0.15, -0.1) is 0 Å². The summed E-state index contributed by atoms with van der Waals surface area (Å²) in [4.78, 5) is 23.9. The van der Waals surface area contributed by atoms with Gasteiger partial charge in [0.05, 0.1) is 30.2 Å². The van der Waals surface area contributed by atoms with E-state index in [4.69, 9.17) is 13.7 Å². The maximum Gasteiger partial charge on any atom is 0.408 e. The second kappa shape index (κ2) is 7.31.